The van der Waals surface area contributed by atoms with Gasteiger partial charge < -0.3 is 5.11 Å². The highest BCUT2D eigenvalue weighted by atomic mass is 16.3. The molecule has 0 saturated heterocycles. The van der Waals surface area contributed by atoms with Crippen LogP contribution in [-0.4, -0.2) is 10.1 Å². The van der Waals surface area contributed by atoms with E-state index in [0.29, 0.717) is 5.92 Å². The van der Waals surface area contributed by atoms with E-state index in [9.17, 15) is 5.11 Å². The first kappa shape index (κ1) is 14.1. The van der Waals surface area contributed by atoms with E-state index in [2.05, 4.69) is 23.7 Å². The lowest BCUT2D eigenvalue weighted by atomic mass is 9.90. The molecule has 0 amide bonds. The summed E-state index contributed by atoms with van der Waals surface area (Å²) < 4.78 is 0. The van der Waals surface area contributed by atoms with Gasteiger partial charge in [0.05, 0.1) is 11.8 Å². The molecule has 1 aromatic heterocycles. The van der Waals surface area contributed by atoms with Crippen LogP contribution in [0, 0.1) is 17.8 Å². The van der Waals surface area contributed by atoms with Gasteiger partial charge in [-0.25, -0.2) is 4.98 Å². The smallest absolute Gasteiger partial charge is 0.113 e. The maximum absolute atomic E-state index is 9.95. The molecular weight excluding hydrogens is 234 g/mol. The van der Waals surface area contributed by atoms with Crippen molar-refractivity contribution >= 4 is 0 Å². The molecule has 1 aromatic rings. The molecule has 1 aliphatic rings. The number of pyridine rings is 1. The molecule has 1 fully saturated rings. The van der Waals surface area contributed by atoms with Gasteiger partial charge in [-0.1, -0.05) is 44.6 Å². The molecule has 1 unspecified atom stereocenters. The molecule has 1 saturated carbocycles. The van der Waals surface area contributed by atoms with Crippen LogP contribution in [0.25, 0.3) is 0 Å². The van der Waals surface area contributed by atoms with Crippen LogP contribution in [0.15, 0.2) is 18.2 Å². The van der Waals surface area contributed by atoms with E-state index in [-0.39, 0.29) is 0 Å². The molecule has 2 rings (SSSR count). The highest BCUT2D eigenvalue weighted by Crippen LogP contribution is 2.22. The maximum Gasteiger partial charge on any atom is 0.113 e. The third kappa shape index (κ3) is 4.36. The van der Waals surface area contributed by atoms with Crippen LogP contribution in [0.2, 0.25) is 0 Å². The van der Waals surface area contributed by atoms with E-state index in [4.69, 9.17) is 0 Å². The lowest BCUT2D eigenvalue weighted by Gasteiger charge is -2.15. The van der Waals surface area contributed by atoms with E-state index in [1.54, 1.807) is 0 Å². The van der Waals surface area contributed by atoms with Crippen LogP contribution in [0.4, 0.5) is 0 Å². The van der Waals surface area contributed by atoms with Crippen molar-refractivity contribution in [3.63, 3.8) is 0 Å². The molecule has 0 bridgehead atoms. The number of aromatic nitrogens is 1. The minimum Gasteiger partial charge on any atom is -0.387 e. The summed E-state index contributed by atoms with van der Waals surface area (Å²) in [5.74, 6) is 7.06. The Hall–Kier alpha value is -1.33. The number of hydrogen-bond acceptors (Lipinski definition) is 2. The van der Waals surface area contributed by atoms with Crippen molar-refractivity contribution in [1.29, 1.82) is 0 Å². The summed E-state index contributed by atoms with van der Waals surface area (Å²) in [6.45, 7) is 2.07. The third-order valence-corrected chi connectivity index (χ3v) is 3.68. The van der Waals surface area contributed by atoms with Gasteiger partial charge in [0.15, 0.2) is 0 Å². The van der Waals surface area contributed by atoms with Crippen molar-refractivity contribution in [1.82, 2.24) is 4.98 Å². The molecule has 0 radical (unpaired) electrons. The van der Waals surface area contributed by atoms with Crippen LogP contribution in [0.5, 0.6) is 0 Å². The van der Waals surface area contributed by atoms with Crippen molar-refractivity contribution in [2.75, 3.05) is 0 Å². The Morgan fingerprint density at radius 2 is 2.11 bits per heavy atom. The quantitative estimate of drug-likeness (QED) is 0.834. The van der Waals surface area contributed by atoms with Gasteiger partial charge in [0, 0.05) is 5.92 Å². The molecule has 102 valence electrons. The normalized spacial score (nSPS) is 17.6. The van der Waals surface area contributed by atoms with E-state index in [0.717, 1.165) is 24.2 Å². The van der Waals surface area contributed by atoms with Gasteiger partial charge in [-0.3, -0.25) is 0 Å². The number of aliphatic hydroxyl groups is 1. The third-order valence-electron chi connectivity index (χ3n) is 3.68. The first-order valence-corrected chi connectivity index (χ1v) is 7.46. The number of nitrogens with zero attached hydrogens (tertiary/aromatic N) is 1. The lowest BCUT2D eigenvalue weighted by molar-refractivity contribution is 0.161. The minimum absolute atomic E-state index is 0.457. The van der Waals surface area contributed by atoms with Crippen molar-refractivity contribution in [3.8, 4) is 11.8 Å². The molecule has 0 aliphatic heterocycles. The highest BCUT2D eigenvalue weighted by Gasteiger charge is 2.10. The van der Waals surface area contributed by atoms with Gasteiger partial charge in [-0.2, -0.15) is 0 Å². The number of rotatable bonds is 3. The average Bonchev–Trinajstić information content (AvgIpc) is 2.47. The lowest BCUT2D eigenvalue weighted by Crippen LogP contribution is -2.04. The molecule has 1 aliphatic carbocycles. The molecule has 1 atom stereocenters. The summed E-state index contributed by atoms with van der Waals surface area (Å²) in [5, 5.41) is 9.95. The molecular formula is C17H23NO. The van der Waals surface area contributed by atoms with Gasteiger partial charge >= 0.3 is 0 Å². The molecule has 2 nitrogen and oxygen atoms in total. The van der Waals surface area contributed by atoms with Crippen LogP contribution in [0.1, 0.15) is 69.4 Å². The largest absolute Gasteiger partial charge is 0.387 e. The van der Waals surface area contributed by atoms with Crippen molar-refractivity contribution in [3.05, 3.63) is 29.6 Å². The molecule has 1 N–H and O–H groups in total. The molecule has 19 heavy (non-hydrogen) atoms. The standard InChI is InChI=1S/C17H23NO/c1-2-7-17(19)16-11-6-10-15(18-16)13-12-14-8-4-3-5-9-14/h6,10-11,14,17,19H,2-5,7-9H2,1H3. The fraction of sp³-hybridized carbons (Fsp3) is 0.588. The number of aliphatic hydroxyl groups excluding tert-OH is 1. The summed E-state index contributed by atoms with van der Waals surface area (Å²) in [6, 6.07) is 5.75. The van der Waals surface area contributed by atoms with Crippen molar-refractivity contribution in [2.24, 2.45) is 5.92 Å². The second kappa shape index (κ2) is 7.31. The summed E-state index contributed by atoms with van der Waals surface area (Å²) in [6.07, 6.45) is 7.68. The van der Waals surface area contributed by atoms with Gasteiger partial charge in [0.2, 0.25) is 0 Å². The summed E-state index contributed by atoms with van der Waals surface area (Å²) in [7, 11) is 0. The molecule has 0 spiro atoms. The Morgan fingerprint density at radius 1 is 1.32 bits per heavy atom. The van der Waals surface area contributed by atoms with Crippen LogP contribution >= 0.6 is 0 Å². The van der Waals surface area contributed by atoms with Crippen LogP contribution in [0.3, 0.4) is 0 Å². The SMILES string of the molecule is CCCC(O)c1cccc(C#CC2CCCCC2)n1. The van der Waals surface area contributed by atoms with E-state index in [1.165, 1.54) is 32.1 Å². The number of hydrogen-bond donors (Lipinski definition) is 1. The summed E-state index contributed by atoms with van der Waals surface area (Å²) >= 11 is 0. The van der Waals surface area contributed by atoms with Gasteiger partial charge in [-0.05, 0) is 37.3 Å². The van der Waals surface area contributed by atoms with Gasteiger partial charge in [0.25, 0.3) is 0 Å². The Morgan fingerprint density at radius 3 is 2.84 bits per heavy atom. The topological polar surface area (TPSA) is 33.1 Å². The zero-order valence-electron chi connectivity index (χ0n) is 11.7. The van der Waals surface area contributed by atoms with E-state index >= 15 is 0 Å². The van der Waals surface area contributed by atoms with Crippen molar-refractivity contribution < 1.29 is 5.11 Å². The second-order valence-electron chi connectivity index (χ2n) is 5.36. The Balaban J connectivity index is 2.04. The van der Waals surface area contributed by atoms with E-state index < -0.39 is 6.10 Å². The Kier molecular flexibility index (Phi) is 5.42. The predicted octanol–water partition coefficient (Wildman–Crippen LogP) is 3.85. The Bertz CT molecular complexity index is 452. The zero-order chi connectivity index (χ0) is 13.5. The molecule has 0 aromatic carbocycles. The molecule has 1 heterocycles. The van der Waals surface area contributed by atoms with Gasteiger partial charge in [0.1, 0.15) is 5.69 Å². The van der Waals surface area contributed by atoms with Crippen LogP contribution in [-0.2, 0) is 0 Å². The summed E-state index contributed by atoms with van der Waals surface area (Å²) in [5.41, 5.74) is 1.54. The van der Waals surface area contributed by atoms with Crippen LogP contribution < -0.4 is 0 Å². The van der Waals surface area contributed by atoms with Crippen molar-refractivity contribution in [2.45, 2.75) is 58.0 Å². The minimum atomic E-state index is -0.457. The monoisotopic (exact) mass is 257 g/mol. The maximum atomic E-state index is 9.95. The Labute approximate surface area is 116 Å². The first-order valence-electron chi connectivity index (χ1n) is 7.46. The fourth-order valence-corrected chi connectivity index (χ4v) is 2.55. The highest BCUT2D eigenvalue weighted by molar-refractivity contribution is 5.30. The zero-order valence-corrected chi connectivity index (χ0v) is 11.7. The second-order valence-corrected chi connectivity index (χ2v) is 5.36. The molecule has 2 heteroatoms. The van der Waals surface area contributed by atoms with Gasteiger partial charge in [-0.15, -0.1) is 0 Å². The summed E-state index contributed by atoms with van der Waals surface area (Å²) in [4.78, 5) is 4.45. The van der Waals surface area contributed by atoms with E-state index in [1.807, 2.05) is 18.2 Å². The fourth-order valence-electron chi connectivity index (χ4n) is 2.55. The predicted molar refractivity (Wildman–Crippen MR) is 77.6 cm³/mol. The average molecular weight is 257 g/mol. The first-order chi connectivity index (χ1) is 9.29.